The minimum absolute atomic E-state index is 0.0479. The number of methoxy groups -OCH3 is 3. The summed E-state index contributed by atoms with van der Waals surface area (Å²) < 4.78 is 26.4. The molecule has 2 aliphatic carbocycles. The molecule has 0 bridgehead atoms. The zero-order valence-corrected chi connectivity index (χ0v) is 20.6. The van der Waals surface area contributed by atoms with Gasteiger partial charge in [0.05, 0.1) is 45.9 Å². The molecule has 2 atom stereocenters. The van der Waals surface area contributed by atoms with E-state index >= 15 is 0 Å². The molecule has 190 valence electrons. The summed E-state index contributed by atoms with van der Waals surface area (Å²) in [4.78, 5) is 29.9. The summed E-state index contributed by atoms with van der Waals surface area (Å²) in [6.45, 7) is 4.04. The van der Waals surface area contributed by atoms with Gasteiger partial charge in [0.15, 0.2) is 34.4 Å². The monoisotopic (exact) mass is 488 g/mol. The largest absolute Gasteiger partial charge is 0.493 e. The molecule has 0 aliphatic heterocycles. The molecule has 0 aromatic carbocycles. The maximum absolute atomic E-state index is 11.4. The number of esters is 1. The number of hydrogen-bond donors (Lipinski definition) is 1. The van der Waals surface area contributed by atoms with Crippen LogP contribution < -0.4 is 18.9 Å². The lowest BCUT2D eigenvalue weighted by Crippen LogP contribution is -2.15. The van der Waals surface area contributed by atoms with Crippen molar-refractivity contribution >= 4 is 11.9 Å². The third-order valence-corrected chi connectivity index (χ3v) is 5.91. The highest BCUT2D eigenvalue weighted by Crippen LogP contribution is 2.38. The first kappa shape index (κ1) is 26.1. The molecule has 2 aromatic rings. The van der Waals surface area contributed by atoms with Gasteiger partial charge < -0.3 is 28.8 Å². The fourth-order valence-electron chi connectivity index (χ4n) is 3.40. The van der Waals surface area contributed by atoms with Crippen LogP contribution in [0.1, 0.15) is 60.5 Å². The fourth-order valence-corrected chi connectivity index (χ4v) is 3.40. The van der Waals surface area contributed by atoms with Crippen molar-refractivity contribution in [2.45, 2.75) is 51.7 Å². The Labute approximate surface area is 204 Å². The molecule has 4 rings (SSSR count). The highest BCUT2D eigenvalue weighted by atomic mass is 16.5. The molecule has 2 saturated carbocycles. The number of carboxylic acids is 1. The number of pyridine rings is 2. The van der Waals surface area contributed by atoms with Gasteiger partial charge in [0.1, 0.15) is 0 Å². The Balaban J connectivity index is 0.000000196. The highest BCUT2D eigenvalue weighted by Gasteiger charge is 2.31. The van der Waals surface area contributed by atoms with Gasteiger partial charge in [0.25, 0.3) is 0 Å². The minimum Gasteiger partial charge on any atom is -0.493 e. The second-order valence-electron chi connectivity index (χ2n) is 8.56. The van der Waals surface area contributed by atoms with Crippen molar-refractivity contribution in [2.75, 3.05) is 21.3 Å². The van der Waals surface area contributed by atoms with E-state index in [4.69, 9.17) is 24.1 Å². The molecule has 2 aromatic heterocycles. The van der Waals surface area contributed by atoms with Crippen LogP contribution in [-0.2, 0) is 4.74 Å². The van der Waals surface area contributed by atoms with E-state index in [9.17, 15) is 9.59 Å². The first-order valence-electron chi connectivity index (χ1n) is 11.5. The maximum Gasteiger partial charge on any atom is 0.356 e. The minimum atomic E-state index is -1.08. The first-order valence-corrected chi connectivity index (χ1v) is 11.5. The number of carbonyl (C=O) groups excluding carboxylic acids is 1. The molecule has 2 aliphatic rings. The predicted octanol–water partition coefficient (Wildman–Crippen LogP) is 4.02. The summed E-state index contributed by atoms with van der Waals surface area (Å²) in [6, 6.07) is 2.90. The third-order valence-electron chi connectivity index (χ3n) is 5.91. The van der Waals surface area contributed by atoms with E-state index in [2.05, 4.69) is 14.7 Å². The topological polar surface area (TPSA) is 126 Å². The van der Waals surface area contributed by atoms with Crippen LogP contribution >= 0.6 is 0 Å². The number of hydrogen-bond acceptors (Lipinski definition) is 9. The number of carbonyl (C=O) groups is 2. The normalized spacial score (nSPS) is 16.1. The smallest absolute Gasteiger partial charge is 0.356 e. The summed E-state index contributed by atoms with van der Waals surface area (Å²) in [5, 5.41) is 8.82. The van der Waals surface area contributed by atoms with E-state index in [1.54, 1.807) is 0 Å². The Morgan fingerprint density at radius 3 is 1.60 bits per heavy atom. The summed E-state index contributed by atoms with van der Waals surface area (Å²) in [6.07, 6.45) is 7.94. The average molecular weight is 489 g/mol. The van der Waals surface area contributed by atoms with E-state index in [1.807, 2.05) is 13.8 Å². The third kappa shape index (κ3) is 7.21. The van der Waals surface area contributed by atoms with Crippen molar-refractivity contribution in [3.8, 4) is 23.0 Å². The molecule has 0 unspecified atom stereocenters. The summed E-state index contributed by atoms with van der Waals surface area (Å²) in [5.74, 6) is 1.61. The van der Waals surface area contributed by atoms with Crippen LogP contribution in [-0.4, -0.2) is 60.6 Å². The molecular formula is C25H32N2O8. The number of aromatic carboxylic acids is 1. The van der Waals surface area contributed by atoms with Gasteiger partial charge in [0, 0.05) is 12.1 Å². The molecule has 0 saturated heterocycles. The quantitative estimate of drug-likeness (QED) is 0.490. The summed E-state index contributed by atoms with van der Waals surface area (Å²) in [7, 11) is 4.33. The van der Waals surface area contributed by atoms with Gasteiger partial charge in [-0.2, -0.15) is 0 Å². The van der Waals surface area contributed by atoms with Crippen molar-refractivity contribution in [3.63, 3.8) is 0 Å². The van der Waals surface area contributed by atoms with E-state index < -0.39 is 11.9 Å². The zero-order chi connectivity index (χ0) is 25.5. The van der Waals surface area contributed by atoms with E-state index in [0.29, 0.717) is 34.8 Å². The lowest BCUT2D eigenvalue weighted by Gasteiger charge is -2.16. The molecule has 2 heterocycles. The van der Waals surface area contributed by atoms with E-state index in [1.165, 1.54) is 71.5 Å². The number of carboxylic acid groups (broad SMARTS) is 1. The number of rotatable bonds is 10. The molecule has 1 N–H and O–H groups in total. The molecule has 35 heavy (non-hydrogen) atoms. The first-order chi connectivity index (χ1) is 16.8. The molecule has 2 fully saturated rings. The highest BCUT2D eigenvalue weighted by molar-refractivity contribution is 5.87. The van der Waals surface area contributed by atoms with Gasteiger partial charge in [0.2, 0.25) is 0 Å². The fraction of sp³-hybridized carbons (Fsp3) is 0.520. The van der Waals surface area contributed by atoms with Crippen LogP contribution in [0.15, 0.2) is 24.5 Å². The molecule has 10 heteroatoms. The van der Waals surface area contributed by atoms with Crippen LogP contribution in [0.5, 0.6) is 23.0 Å². The summed E-state index contributed by atoms with van der Waals surface area (Å²) >= 11 is 0. The van der Waals surface area contributed by atoms with Crippen LogP contribution in [0.2, 0.25) is 0 Å². The van der Waals surface area contributed by atoms with Gasteiger partial charge in [-0.15, -0.1) is 0 Å². The predicted molar refractivity (Wildman–Crippen MR) is 126 cm³/mol. The van der Waals surface area contributed by atoms with Gasteiger partial charge in [-0.3, -0.25) is 0 Å². The molecule has 0 amide bonds. The van der Waals surface area contributed by atoms with Gasteiger partial charge in [-0.05, 0) is 51.4 Å². The molecule has 0 radical (unpaired) electrons. The van der Waals surface area contributed by atoms with Crippen molar-refractivity contribution in [2.24, 2.45) is 11.8 Å². The average Bonchev–Trinajstić information content (AvgIpc) is 3.76. The second-order valence-corrected chi connectivity index (χ2v) is 8.56. The lowest BCUT2D eigenvalue weighted by atomic mass is 10.2. The van der Waals surface area contributed by atoms with E-state index in [0.717, 1.165) is 0 Å². The van der Waals surface area contributed by atoms with Crippen molar-refractivity contribution in [1.29, 1.82) is 0 Å². The van der Waals surface area contributed by atoms with Crippen LogP contribution in [0.25, 0.3) is 0 Å². The van der Waals surface area contributed by atoms with Crippen molar-refractivity contribution in [3.05, 3.63) is 35.9 Å². The van der Waals surface area contributed by atoms with E-state index in [-0.39, 0.29) is 23.6 Å². The molecule has 10 nitrogen and oxygen atoms in total. The van der Waals surface area contributed by atoms with Gasteiger partial charge in [-0.25, -0.2) is 19.6 Å². The second kappa shape index (κ2) is 11.7. The van der Waals surface area contributed by atoms with Gasteiger partial charge >= 0.3 is 11.9 Å². The molecule has 0 spiro atoms. The van der Waals surface area contributed by atoms with Crippen LogP contribution in [0, 0.1) is 11.8 Å². The van der Waals surface area contributed by atoms with Gasteiger partial charge in [-0.1, -0.05) is 0 Å². The van der Waals surface area contributed by atoms with Crippen molar-refractivity contribution < 1.29 is 38.4 Å². The number of ether oxygens (including phenoxy) is 5. The van der Waals surface area contributed by atoms with Crippen LogP contribution in [0.3, 0.4) is 0 Å². The molecular weight excluding hydrogens is 456 g/mol. The Morgan fingerprint density at radius 1 is 0.800 bits per heavy atom. The SMILES string of the molecule is COC(=O)c1cc(OC)c(O[C@@H](C)C2CC2)cn1.COc1cc(C(=O)O)ncc1O[C@@H](C)C1CC1. The van der Waals surface area contributed by atoms with Crippen molar-refractivity contribution in [1.82, 2.24) is 9.97 Å². The Hall–Kier alpha value is -3.56. The van der Waals surface area contributed by atoms with Crippen LogP contribution in [0.4, 0.5) is 0 Å². The summed E-state index contributed by atoms with van der Waals surface area (Å²) in [5.41, 5.74) is 0.161. The zero-order valence-electron chi connectivity index (χ0n) is 20.6. The number of aromatic nitrogens is 2. The Kier molecular flexibility index (Phi) is 8.73. The Bertz CT molecular complexity index is 1040. The standard InChI is InChI=1S/C13H17NO4.C12H15NO4/c1-8(9-4-5-9)18-12-7-14-10(13(15)17-3)6-11(12)16-2;1-7(8-3-4-8)17-11-6-13-9(12(14)15)5-10(11)16-2/h6-9H,4-5H2,1-3H3;5-8H,3-4H2,1-2H3,(H,14,15)/t8-;7-/m00/s1. The lowest BCUT2D eigenvalue weighted by molar-refractivity contribution is 0.0592. The maximum atomic E-state index is 11.4. The number of nitrogens with zero attached hydrogens (tertiary/aromatic N) is 2. The Morgan fingerprint density at radius 2 is 1.23 bits per heavy atom.